The molecule has 4 heteroatoms. The molecule has 11 heavy (non-hydrogen) atoms. The zero-order valence-corrected chi connectivity index (χ0v) is 6.87. The molecular weight excluding hydrogens is 142 g/mol. The van der Waals surface area contributed by atoms with Crippen molar-refractivity contribution in [1.29, 1.82) is 0 Å². The van der Waals surface area contributed by atoms with E-state index in [1.165, 1.54) is 0 Å². The third-order valence-corrected chi connectivity index (χ3v) is 1.36. The Kier molecular flexibility index (Phi) is 2.48. The van der Waals surface area contributed by atoms with E-state index >= 15 is 0 Å². The first-order chi connectivity index (χ1) is 5.24. The summed E-state index contributed by atoms with van der Waals surface area (Å²) in [5, 5.41) is 5.28. The van der Waals surface area contributed by atoms with Crippen LogP contribution in [-0.4, -0.2) is 11.7 Å². The number of anilines is 1. The molecule has 0 spiro atoms. The Hall–Kier alpha value is -1.03. The van der Waals surface area contributed by atoms with Crippen LogP contribution in [0.3, 0.4) is 0 Å². The van der Waals surface area contributed by atoms with Gasteiger partial charge in [0.1, 0.15) is 0 Å². The number of hydrogen-bond acceptors (Lipinski definition) is 4. The molecule has 0 aliphatic rings. The Morgan fingerprint density at radius 1 is 1.73 bits per heavy atom. The first kappa shape index (κ1) is 8.07. The number of aryl methyl sites for hydroxylation is 1. The maximum Gasteiger partial charge on any atom is 0.241 e. The summed E-state index contributed by atoms with van der Waals surface area (Å²) in [4.78, 5) is 0. The number of nitrogens with two attached hydrogens (primary N) is 1. The SMILES string of the molecule is CCCN(N)c1cc(C)no1. The topological polar surface area (TPSA) is 55.3 Å². The summed E-state index contributed by atoms with van der Waals surface area (Å²) >= 11 is 0. The minimum atomic E-state index is 0.629. The van der Waals surface area contributed by atoms with Gasteiger partial charge in [0, 0.05) is 12.6 Å². The van der Waals surface area contributed by atoms with Crippen LogP contribution in [0.2, 0.25) is 0 Å². The van der Waals surface area contributed by atoms with E-state index in [-0.39, 0.29) is 0 Å². The van der Waals surface area contributed by atoms with Crippen LogP contribution < -0.4 is 10.9 Å². The van der Waals surface area contributed by atoms with Gasteiger partial charge in [-0.05, 0) is 13.3 Å². The number of aromatic nitrogens is 1. The average molecular weight is 155 g/mol. The summed E-state index contributed by atoms with van der Waals surface area (Å²) in [7, 11) is 0. The van der Waals surface area contributed by atoms with Crippen LogP contribution in [-0.2, 0) is 0 Å². The first-order valence-electron chi connectivity index (χ1n) is 3.69. The molecule has 1 rings (SSSR count). The average Bonchev–Trinajstić information content (AvgIpc) is 2.36. The highest BCUT2D eigenvalue weighted by molar-refractivity contribution is 5.32. The summed E-state index contributed by atoms with van der Waals surface area (Å²) < 4.78 is 4.93. The molecule has 1 aromatic rings. The van der Waals surface area contributed by atoms with Crippen molar-refractivity contribution in [3.63, 3.8) is 0 Å². The molecule has 1 heterocycles. The third kappa shape index (κ3) is 1.94. The predicted octanol–water partition coefficient (Wildman–Crippen LogP) is 1.07. The fraction of sp³-hybridized carbons (Fsp3) is 0.571. The second-order valence-electron chi connectivity index (χ2n) is 2.50. The first-order valence-corrected chi connectivity index (χ1v) is 3.69. The van der Waals surface area contributed by atoms with Gasteiger partial charge in [0.05, 0.1) is 5.69 Å². The van der Waals surface area contributed by atoms with E-state index in [9.17, 15) is 0 Å². The second-order valence-corrected chi connectivity index (χ2v) is 2.50. The van der Waals surface area contributed by atoms with E-state index in [4.69, 9.17) is 10.4 Å². The van der Waals surface area contributed by atoms with E-state index in [1.807, 2.05) is 13.0 Å². The van der Waals surface area contributed by atoms with Crippen LogP contribution in [0.15, 0.2) is 10.6 Å². The van der Waals surface area contributed by atoms with Gasteiger partial charge >= 0.3 is 0 Å². The van der Waals surface area contributed by atoms with Gasteiger partial charge < -0.3 is 4.52 Å². The predicted molar refractivity (Wildman–Crippen MR) is 43.1 cm³/mol. The molecule has 0 aliphatic carbocycles. The highest BCUT2D eigenvalue weighted by Gasteiger charge is 2.04. The molecule has 4 nitrogen and oxygen atoms in total. The van der Waals surface area contributed by atoms with Crippen LogP contribution in [0.5, 0.6) is 0 Å². The Labute approximate surface area is 65.9 Å². The van der Waals surface area contributed by atoms with E-state index < -0.39 is 0 Å². The normalized spacial score (nSPS) is 10.1. The summed E-state index contributed by atoms with van der Waals surface area (Å²) in [5.74, 6) is 6.25. The van der Waals surface area contributed by atoms with Gasteiger partial charge in [0.15, 0.2) is 0 Å². The van der Waals surface area contributed by atoms with Gasteiger partial charge in [-0.1, -0.05) is 12.1 Å². The van der Waals surface area contributed by atoms with Crippen molar-refractivity contribution >= 4 is 5.88 Å². The molecule has 0 saturated carbocycles. The van der Waals surface area contributed by atoms with Gasteiger partial charge in [-0.2, -0.15) is 0 Å². The third-order valence-electron chi connectivity index (χ3n) is 1.36. The Bertz CT molecular complexity index is 221. The highest BCUT2D eigenvalue weighted by Crippen LogP contribution is 2.11. The smallest absolute Gasteiger partial charge is 0.241 e. The van der Waals surface area contributed by atoms with Crippen LogP contribution in [0.25, 0.3) is 0 Å². The molecule has 0 aromatic carbocycles. The van der Waals surface area contributed by atoms with Gasteiger partial charge in [-0.3, -0.25) is 5.01 Å². The van der Waals surface area contributed by atoms with Gasteiger partial charge in [-0.15, -0.1) is 0 Å². The van der Waals surface area contributed by atoms with Crippen LogP contribution in [0.4, 0.5) is 5.88 Å². The van der Waals surface area contributed by atoms with Gasteiger partial charge in [0.2, 0.25) is 5.88 Å². The van der Waals surface area contributed by atoms with Crippen molar-refractivity contribution in [3.05, 3.63) is 11.8 Å². The fourth-order valence-electron chi connectivity index (χ4n) is 0.837. The summed E-state index contributed by atoms with van der Waals surface area (Å²) in [6.07, 6.45) is 0.996. The summed E-state index contributed by atoms with van der Waals surface area (Å²) in [6, 6.07) is 1.82. The molecule has 0 fully saturated rings. The van der Waals surface area contributed by atoms with Crippen molar-refractivity contribution < 1.29 is 4.52 Å². The zero-order valence-electron chi connectivity index (χ0n) is 6.87. The largest absolute Gasteiger partial charge is 0.337 e. The van der Waals surface area contributed by atoms with Gasteiger partial charge in [-0.25, -0.2) is 5.84 Å². The zero-order chi connectivity index (χ0) is 8.27. The maximum atomic E-state index is 5.62. The highest BCUT2D eigenvalue weighted by atomic mass is 16.5. The number of rotatable bonds is 3. The van der Waals surface area contributed by atoms with Gasteiger partial charge in [0.25, 0.3) is 0 Å². The summed E-state index contributed by atoms with van der Waals surface area (Å²) in [6.45, 7) is 4.71. The number of nitrogens with zero attached hydrogens (tertiary/aromatic N) is 2. The standard InChI is InChI=1S/C7H13N3O/c1-3-4-10(8)7-5-6(2)9-11-7/h5H,3-4,8H2,1-2H3. The van der Waals surface area contributed by atoms with Crippen LogP contribution in [0, 0.1) is 6.92 Å². The van der Waals surface area contributed by atoms with Crippen LogP contribution >= 0.6 is 0 Å². The molecule has 0 aliphatic heterocycles. The molecular formula is C7H13N3O. The molecule has 0 saturated heterocycles. The lowest BCUT2D eigenvalue weighted by atomic mass is 10.4. The van der Waals surface area contributed by atoms with E-state index in [1.54, 1.807) is 5.01 Å². The van der Waals surface area contributed by atoms with E-state index in [2.05, 4.69) is 12.1 Å². The molecule has 2 N–H and O–H groups in total. The second kappa shape index (κ2) is 3.39. The lowest BCUT2D eigenvalue weighted by Crippen LogP contribution is -2.30. The van der Waals surface area contributed by atoms with Crippen molar-refractivity contribution in [2.45, 2.75) is 20.3 Å². The number of hydrazine groups is 1. The molecule has 1 aromatic heterocycles. The Morgan fingerprint density at radius 2 is 2.45 bits per heavy atom. The van der Waals surface area contributed by atoms with E-state index in [0.29, 0.717) is 5.88 Å². The molecule has 0 atom stereocenters. The van der Waals surface area contributed by atoms with Crippen LogP contribution in [0.1, 0.15) is 19.0 Å². The summed E-state index contributed by atoms with van der Waals surface area (Å²) in [5.41, 5.74) is 0.853. The molecule has 0 bridgehead atoms. The molecule has 0 unspecified atom stereocenters. The Morgan fingerprint density at radius 3 is 2.91 bits per heavy atom. The van der Waals surface area contributed by atoms with Crippen molar-refractivity contribution in [3.8, 4) is 0 Å². The molecule has 0 radical (unpaired) electrons. The monoisotopic (exact) mass is 155 g/mol. The van der Waals surface area contributed by atoms with E-state index in [0.717, 1.165) is 18.7 Å². The van der Waals surface area contributed by atoms with Crippen molar-refractivity contribution in [1.82, 2.24) is 5.16 Å². The number of hydrogen-bond donors (Lipinski definition) is 1. The quantitative estimate of drug-likeness (QED) is 0.524. The lowest BCUT2D eigenvalue weighted by Gasteiger charge is -2.11. The van der Waals surface area contributed by atoms with Crippen molar-refractivity contribution in [2.75, 3.05) is 11.6 Å². The fourth-order valence-corrected chi connectivity index (χ4v) is 0.837. The molecule has 62 valence electrons. The Balaban J connectivity index is 2.60. The minimum absolute atomic E-state index is 0.629. The minimum Gasteiger partial charge on any atom is -0.337 e. The lowest BCUT2D eigenvalue weighted by molar-refractivity contribution is 0.411. The van der Waals surface area contributed by atoms with Crippen molar-refractivity contribution in [2.24, 2.45) is 5.84 Å². The maximum absolute atomic E-state index is 5.62. The molecule has 0 amide bonds.